The van der Waals surface area contributed by atoms with Gasteiger partial charge < -0.3 is 15.4 Å². The number of alkyl halides is 2. The van der Waals surface area contributed by atoms with E-state index in [4.69, 9.17) is 11.6 Å². The molecule has 0 saturated heterocycles. The summed E-state index contributed by atoms with van der Waals surface area (Å²) in [5, 5.41) is 17.3. The third kappa shape index (κ3) is 7.08. The molecule has 152 valence electrons. The number of para-hydroxylation sites is 1. The number of ether oxygens (including phenoxy) is 1. The van der Waals surface area contributed by atoms with E-state index in [2.05, 4.69) is 20.4 Å². The first kappa shape index (κ1) is 23.8. The first-order valence-corrected chi connectivity index (χ1v) is 8.18. The molecule has 0 aliphatic heterocycles. The Labute approximate surface area is 182 Å². The highest BCUT2D eigenvalue weighted by Crippen LogP contribution is 2.24. The van der Waals surface area contributed by atoms with Crippen LogP contribution in [0.4, 0.5) is 14.5 Å². The minimum absolute atomic E-state index is 0. The van der Waals surface area contributed by atoms with Gasteiger partial charge in [0.05, 0.1) is 4.92 Å². The van der Waals surface area contributed by atoms with Crippen LogP contribution < -0.4 is 15.4 Å². The highest BCUT2D eigenvalue weighted by atomic mass is 127. The van der Waals surface area contributed by atoms with Crippen LogP contribution >= 0.6 is 35.6 Å². The Kier molecular flexibility index (Phi) is 9.87. The molecule has 0 radical (unpaired) electrons. The topological polar surface area (TPSA) is 88.8 Å². The number of nitro benzene ring substituents is 1. The van der Waals surface area contributed by atoms with Gasteiger partial charge in [-0.1, -0.05) is 29.8 Å². The molecule has 0 fully saturated rings. The maximum atomic E-state index is 12.5. The number of nitrogens with one attached hydrogen (secondary N) is 2. The van der Waals surface area contributed by atoms with E-state index in [0.29, 0.717) is 22.1 Å². The zero-order chi connectivity index (χ0) is 19.8. The molecule has 2 aromatic carbocycles. The largest absolute Gasteiger partial charge is 0.434 e. The fraction of sp³-hybridized carbons (Fsp3) is 0.235. The zero-order valence-electron chi connectivity index (χ0n) is 14.7. The molecule has 11 heteroatoms. The molecule has 7 nitrogen and oxygen atoms in total. The number of guanidine groups is 1. The van der Waals surface area contributed by atoms with Crippen molar-refractivity contribution in [3.63, 3.8) is 0 Å². The average Bonchev–Trinajstić information content (AvgIpc) is 2.63. The van der Waals surface area contributed by atoms with Crippen LogP contribution in [0.2, 0.25) is 5.02 Å². The van der Waals surface area contributed by atoms with Crippen molar-refractivity contribution in [3.05, 3.63) is 68.7 Å². The summed E-state index contributed by atoms with van der Waals surface area (Å²) >= 11 is 5.91. The molecular weight excluding hydrogens is 509 g/mol. The molecular formula is C17H18ClF2IN4O3. The van der Waals surface area contributed by atoms with E-state index in [0.717, 1.165) is 0 Å². The standard InChI is InChI=1S/C17H17ClF2N4O3.HI/c1-21-17(22-9-11-4-2-3-5-14(11)24(25)26)23-10-12-8-13(18)6-7-15(12)27-16(19)20;/h2-8,16H,9-10H2,1H3,(H2,21,22,23);1H. The SMILES string of the molecule is CN=C(NCc1cc(Cl)ccc1OC(F)F)NCc1ccccc1[N+](=O)[O-].I. The normalized spacial score (nSPS) is 11.0. The highest BCUT2D eigenvalue weighted by molar-refractivity contribution is 14.0. The first-order valence-electron chi connectivity index (χ1n) is 7.80. The Morgan fingerprint density at radius 2 is 1.86 bits per heavy atom. The number of nitro groups is 1. The van der Waals surface area contributed by atoms with Crippen molar-refractivity contribution in [2.45, 2.75) is 19.7 Å². The Bertz CT molecular complexity index is 840. The Balaban J connectivity index is 0.00000392. The number of hydrogen-bond donors (Lipinski definition) is 2. The molecule has 0 aliphatic rings. The van der Waals surface area contributed by atoms with Crippen molar-refractivity contribution in [2.24, 2.45) is 4.99 Å². The fourth-order valence-corrected chi connectivity index (χ4v) is 2.51. The predicted octanol–water partition coefficient (Wildman–Crippen LogP) is 4.33. The van der Waals surface area contributed by atoms with E-state index in [-0.39, 0.29) is 48.5 Å². The summed E-state index contributed by atoms with van der Waals surface area (Å²) in [6.45, 7) is -2.69. The lowest BCUT2D eigenvalue weighted by atomic mass is 10.2. The third-order valence-corrected chi connectivity index (χ3v) is 3.78. The number of benzene rings is 2. The second-order valence-electron chi connectivity index (χ2n) is 5.30. The summed E-state index contributed by atoms with van der Waals surface area (Å²) in [6, 6.07) is 10.6. The molecule has 0 aliphatic carbocycles. The summed E-state index contributed by atoms with van der Waals surface area (Å²) in [5.41, 5.74) is 0.884. The van der Waals surface area contributed by atoms with Crippen molar-refractivity contribution in [3.8, 4) is 5.75 Å². The van der Waals surface area contributed by atoms with E-state index >= 15 is 0 Å². The van der Waals surface area contributed by atoms with Crippen LogP contribution in [0, 0.1) is 10.1 Å². The van der Waals surface area contributed by atoms with Crippen LogP contribution in [0.25, 0.3) is 0 Å². The van der Waals surface area contributed by atoms with Crippen LogP contribution in [-0.2, 0) is 13.1 Å². The van der Waals surface area contributed by atoms with Crippen molar-refractivity contribution in [2.75, 3.05) is 7.05 Å². The van der Waals surface area contributed by atoms with Gasteiger partial charge >= 0.3 is 6.61 Å². The molecule has 0 atom stereocenters. The molecule has 2 rings (SSSR count). The fourth-order valence-electron chi connectivity index (χ4n) is 2.31. The van der Waals surface area contributed by atoms with E-state index in [1.54, 1.807) is 18.2 Å². The number of nitrogens with zero attached hydrogens (tertiary/aromatic N) is 2. The Hall–Kier alpha value is -2.21. The lowest BCUT2D eigenvalue weighted by Crippen LogP contribution is -2.36. The monoisotopic (exact) mass is 526 g/mol. The van der Waals surface area contributed by atoms with Gasteiger partial charge in [0, 0.05) is 42.4 Å². The van der Waals surface area contributed by atoms with E-state index < -0.39 is 11.5 Å². The molecule has 0 saturated carbocycles. The van der Waals surface area contributed by atoms with Gasteiger partial charge in [0.2, 0.25) is 0 Å². The van der Waals surface area contributed by atoms with Gasteiger partial charge in [-0.25, -0.2) is 0 Å². The quantitative estimate of drug-likeness (QED) is 0.184. The van der Waals surface area contributed by atoms with Gasteiger partial charge in [0.25, 0.3) is 5.69 Å². The number of rotatable bonds is 7. The van der Waals surface area contributed by atoms with E-state index in [1.165, 1.54) is 31.3 Å². The Morgan fingerprint density at radius 3 is 2.46 bits per heavy atom. The lowest BCUT2D eigenvalue weighted by molar-refractivity contribution is -0.385. The summed E-state index contributed by atoms with van der Waals surface area (Å²) in [6.07, 6.45) is 0. The highest BCUT2D eigenvalue weighted by Gasteiger charge is 2.13. The number of halogens is 4. The van der Waals surface area contributed by atoms with Gasteiger partial charge in [-0.2, -0.15) is 8.78 Å². The van der Waals surface area contributed by atoms with E-state index in [1.807, 2.05) is 0 Å². The van der Waals surface area contributed by atoms with Gasteiger partial charge in [-0.05, 0) is 18.2 Å². The second-order valence-corrected chi connectivity index (χ2v) is 5.73. The third-order valence-electron chi connectivity index (χ3n) is 3.54. The van der Waals surface area contributed by atoms with Gasteiger partial charge in [-0.15, -0.1) is 24.0 Å². The van der Waals surface area contributed by atoms with Crippen molar-refractivity contribution >= 4 is 47.2 Å². The number of hydrogen-bond acceptors (Lipinski definition) is 4. The molecule has 28 heavy (non-hydrogen) atoms. The predicted molar refractivity (Wildman–Crippen MR) is 114 cm³/mol. The van der Waals surface area contributed by atoms with Crippen LogP contribution in [0.5, 0.6) is 5.75 Å². The Morgan fingerprint density at radius 1 is 1.21 bits per heavy atom. The molecule has 0 unspecified atom stereocenters. The van der Waals surface area contributed by atoms with Gasteiger partial charge in [0.1, 0.15) is 5.75 Å². The van der Waals surface area contributed by atoms with Crippen LogP contribution in [0.3, 0.4) is 0 Å². The molecule has 0 spiro atoms. The van der Waals surface area contributed by atoms with Crippen LogP contribution in [0.15, 0.2) is 47.5 Å². The van der Waals surface area contributed by atoms with Crippen molar-refractivity contribution in [1.29, 1.82) is 0 Å². The summed E-state index contributed by atoms with van der Waals surface area (Å²) < 4.78 is 29.5. The summed E-state index contributed by atoms with van der Waals surface area (Å²) in [5.74, 6) is 0.326. The molecule has 2 aromatic rings. The zero-order valence-corrected chi connectivity index (χ0v) is 17.8. The molecule has 2 N–H and O–H groups in total. The summed E-state index contributed by atoms with van der Waals surface area (Å²) in [4.78, 5) is 14.6. The molecule has 0 aromatic heterocycles. The van der Waals surface area contributed by atoms with Crippen molar-refractivity contribution in [1.82, 2.24) is 10.6 Å². The first-order chi connectivity index (χ1) is 12.9. The minimum atomic E-state index is -2.96. The maximum Gasteiger partial charge on any atom is 0.387 e. The van der Waals surface area contributed by atoms with Crippen molar-refractivity contribution < 1.29 is 18.4 Å². The van der Waals surface area contributed by atoms with Gasteiger partial charge in [0.15, 0.2) is 5.96 Å². The van der Waals surface area contributed by atoms with Gasteiger partial charge in [-0.3, -0.25) is 15.1 Å². The molecule has 0 amide bonds. The average molecular weight is 527 g/mol. The molecule has 0 heterocycles. The van der Waals surface area contributed by atoms with Crippen LogP contribution in [-0.4, -0.2) is 24.5 Å². The number of aliphatic imine (C=N–C) groups is 1. The second kappa shape index (κ2) is 11.6. The maximum absolute atomic E-state index is 12.5. The van der Waals surface area contributed by atoms with E-state index in [9.17, 15) is 18.9 Å². The molecule has 0 bridgehead atoms. The minimum Gasteiger partial charge on any atom is -0.434 e. The smallest absolute Gasteiger partial charge is 0.387 e. The lowest BCUT2D eigenvalue weighted by Gasteiger charge is -2.15. The summed E-state index contributed by atoms with van der Waals surface area (Å²) in [7, 11) is 1.52. The van der Waals surface area contributed by atoms with Crippen LogP contribution in [0.1, 0.15) is 11.1 Å².